The first-order valence-electron chi connectivity index (χ1n) is 12.5. The number of nitrogens with one attached hydrogen (secondary N) is 4. The van der Waals surface area contributed by atoms with Crippen LogP contribution in [0.15, 0.2) is 94.9 Å². The molecular weight excluding hydrogens is 476 g/mol. The molecule has 3 aromatic rings. The predicted molar refractivity (Wildman–Crippen MR) is 153 cm³/mol. The summed E-state index contributed by atoms with van der Waals surface area (Å²) in [4.78, 5) is 33.4. The summed E-state index contributed by atoms with van der Waals surface area (Å²) < 4.78 is 0. The van der Waals surface area contributed by atoms with Gasteiger partial charge in [0.1, 0.15) is 11.7 Å². The standard InChI is InChI=1S/C30H28N6O2/c37-27(35-25-11-7-23(8-12-25)29-31-17-18-32-29)15-5-21-1-2-22(4-3-21)6-16-28(38)36-26-13-9-24(10-14-26)30-33-19-20-34-30/h1-16H,17-20H2,(H,31,32)(H,33,34)(H,35,37)(H,36,38). The molecule has 8 nitrogen and oxygen atoms in total. The van der Waals surface area contributed by atoms with Crippen molar-refractivity contribution < 1.29 is 9.59 Å². The van der Waals surface area contributed by atoms with Gasteiger partial charge in [0, 0.05) is 47.7 Å². The molecule has 5 rings (SSSR count). The summed E-state index contributed by atoms with van der Waals surface area (Å²) in [6.07, 6.45) is 6.49. The molecule has 38 heavy (non-hydrogen) atoms. The Morgan fingerprint density at radius 1 is 0.605 bits per heavy atom. The zero-order valence-electron chi connectivity index (χ0n) is 20.8. The highest BCUT2D eigenvalue weighted by molar-refractivity contribution is 6.04. The van der Waals surface area contributed by atoms with Crippen LogP contribution in [0.1, 0.15) is 22.3 Å². The Morgan fingerprint density at radius 2 is 1.00 bits per heavy atom. The molecule has 2 aliphatic heterocycles. The van der Waals surface area contributed by atoms with Gasteiger partial charge in [-0.25, -0.2) is 0 Å². The molecule has 0 fully saturated rings. The SMILES string of the molecule is O=C(C=Cc1ccc(C=CC(=O)Nc2ccc(C3=NCCN3)cc2)cc1)Nc1ccc(C2=NCCN2)cc1. The van der Waals surface area contributed by atoms with E-state index in [9.17, 15) is 9.59 Å². The molecule has 0 unspecified atom stereocenters. The van der Waals surface area contributed by atoms with Crippen molar-refractivity contribution in [2.24, 2.45) is 9.98 Å². The minimum Gasteiger partial charge on any atom is -0.368 e. The molecule has 0 bridgehead atoms. The van der Waals surface area contributed by atoms with Crippen molar-refractivity contribution in [3.05, 3.63) is 107 Å². The fourth-order valence-electron chi connectivity index (χ4n) is 4.04. The van der Waals surface area contributed by atoms with Crippen LogP contribution in [-0.2, 0) is 9.59 Å². The van der Waals surface area contributed by atoms with E-state index in [1.165, 1.54) is 12.2 Å². The Morgan fingerprint density at radius 3 is 1.34 bits per heavy atom. The number of hydrogen-bond donors (Lipinski definition) is 4. The Hall–Kier alpha value is -4.98. The topological polar surface area (TPSA) is 107 Å². The van der Waals surface area contributed by atoms with Gasteiger partial charge in [0.25, 0.3) is 0 Å². The average molecular weight is 505 g/mol. The Kier molecular flexibility index (Phi) is 7.69. The van der Waals surface area contributed by atoms with Gasteiger partial charge in [-0.3, -0.25) is 19.6 Å². The van der Waals surface area contributed by atoms with Crippen LogP contribution < -0.4 is 21.3 Å². The smallest absolute Gasteiger partial charge is 0.248 e. The van der Waals surface area contributed by atoms with Gasteiger partial charge in [-0.15, -0.1) is 0 Å². The molecule has 190 valence electrons. The maximum absolute atomic E-state index is 12.3. The van der Waals surface area contributed by atoms with Crippen LogP contribution in [0.2, 0.25) is 0 Å². The van der Waals surface area contributed by atoms with E-state index in [0.29, 0.717) is 0 Å². The van der Waals surface area contributed by atoms with Gasteiger partial charge in [0.2, 0.25) is 11.8 Å². The molecule has 2 heterocycles. The maximum atomic E-state index is 12.3. The number of benzene rings is 3. The number of amidine groups is 2. The van der Waals surface area contributed by atoms with Crippen molar-refractivity contribution in [2.45, 2.75) is 0 Å². The first-order valence-corrected chi connectivity index (χ1v) is 12.5. The van der Waals surface area contributed by atoms with Crippen LogP contribution in [0.5, 0.6) is 0 Å². The van der Waals surface area contributed by atoms with Crippen molar-refractivity contribution in [2.75, 3.05) is 36.8 Å². The van der Waals surface area contributed by atoms with Crippen molar-refractivity contribution in [1.82, 2.24) is 10.6 Å². The molecule has 2 amide bonds. The van der Waals surface area contributed by atoms with Crippen molar-refractivity contribution in [1.29, 1.82) is 0 Å². The van der Waals surface area contributed by atoms with E-state index in [-0.39, 0.29) is 11.8 Å². The van der Waals surface area contributed by atoms with E-state index in [0.717, 1.165) is 71.5 Å². The van der Waals surface area contributed by atoms with Crippen LogP contribution in [0.25, 0.3) is 12.2 Å². The molecule has 8 heteroatoms. The highest BCUT2D eigenvalue weighted by Crippen LogP contribution is 2.14. The van der Waals surface area contributed by atoms with Crippen molar-refractivity contribution in [3.8, 4) is 0 Å². The summed E-state index contributed by atoms with van der Waals surface area (Å²) in [5.41, 5.74) is 5.20. The lowest BCUT2D eigenvalue weighted by Gasteiger charge is -2.05. The predicted octanol–water partition coefficient (Wildman–Crippen LogP) is 3.69. The van der Waals surface area contributed by atoms with Crippen LogP contribution in [0, 0.1) is 0 Å². The second-order valence-corrected chi connectivity index (χ2v) is 8.78. The molecule has 2 aliphatic rings. The number of nitrogens with zero attached hydrogens (tertiary/aromatic N) is 2. The number of rotatable bonds is 8. The van der Waals surface area contributed by atoms with E-state index in [1.54, 1.807) is 12.2 Å². The van der Waals surface area contributed by atoms with Crippen LogP contribution in [0.3, 0.4) is 0 Å². The summed E-state index contributed by atoms with van der Waals surface area (Å²) >= 11 is 0. The molecule has 0 spiro atoms. The number of anilines is 2. The van der Waals surface area contributed by atoms with Gasteiger partial charge >= 0.3 is 0 Å². The second-order valence-electron chi connectivity index (χ2n) is 8.78. The summed E-state index contributed by atoms with van der Waals surface area (Å²) in [7, 11) is 0. The van der Waals surface area contributed by atoms with E-state index in [4.69, 9.17) is 0 Å². The minimum atomic E-state index is -0.213. The summed E-state index contributed by atoms with van der Waals surface area (Å²) in [6.45, 7) is 3.29. The van der Waals surface area contributed by atoms with Crippen LogP contribution in [-0.4, -0.2) is 49.7 Å². The molecule has 0 atom stereocenters. The fourth-order valence-corrected chi connectivity index (χ4v) is 4.04. The highest BCUT2D eigenvalue weighted by atomic mass is 16.2. The zero-order chi connectivity index (χ0) is 26.2. The van der Waals surface area contributed by atoms with Gasteiger partial charge in [0.15, 0.2) is 0 Å². The molecule has 3 aromatic carbocycles. The Labute approximate surface area is 221 Å². The number of hydrogen-bond acceptors (Lipinski definition) is 6. The lowest BCUT2D eigenvalue weighted by atomic mass is 10.1. The molecule has 4 N–H and O–H groups in total. The molecule has 0 saturated carbocycles. The van der Waals surface area contributed by atoms with Crippen molar-refractivity contribution >= 4 is 47.0 Å². The van der Waals surface area contributed by atoms with Gasteiger partial charge in [-0.05, 0) is 71.8 Å². The number of aliphatic imine (C=N–C) groups is 2. The molecular formula is C30H28N6O2. The van der Waals surface area contributed by atoms with Crippen molar-refractivity contribution in [3.63, 3.8) is 0 Å². The second kappa shape index (κ2) is 11.8. The van der Waals surface area contributed by atoms with Gasteiger partial charge in [-0.2, -0.15) is 0 Å². The van der Waals surface area contributed by atoms with Gasteiger partial charge < -0.3 is 21.3 Å². The van der Waals surface area contributed by atoms with Gasteiger partial charge in [-0.1, -0.05) is 24.3 Å². The van der Waals surface area contributed by atoms with Crippen LogP contribution >= 0.6 is 0 Å². The summed E-state index contributed by atoms with van der Waals surface area (Å²) in [5.74, 6) is 1.35. The fraction of sp³-hybridized carbons (Fsp3) is 0.133. The lowest BCUT2D eigenvalue weighted by Crippen LogP contribution is -2.19. The number of amides is 2. The quantitative estimate of drug-likeness (QED) is 0.351. The lowest BCUT2D eigenvalue weighted by molar-refractivity contribution is -0.112. The van der Waals surface area contributed by atoms with E-state index in [2.05, 4.69) is 31.3 Å². The maximum Gasteiger partial charge on any atom is 0.248 e. The Bertz CT molecular complexity index is 1310. The molecule has 0 aromatic heterocycles. The van der Waals surface area contributed by atoms with E-state index in [1.807, 2.05) is 72.8 Å². The first kappa shape index (κ1) is 24.7. The normalized spacial score (nSPS) is 14.6. The third-order valence-electron chi connectivity index (χ3n) is 5.99. The third-order valence-corrected chi connectivity index (χ3v) is 5.99. The molecule has 0 aliphatic carbocycles. The largest absolute Gasteiger partial charge is 0.368 e. The molecule has 0 radical (unpaired) electrons. The van der Waals surface area contributed by atoms with E-state index >= 15 is 0 Å². The van der Waals surface area contributed by atoms with E-state index < -0.39 is 0 Å². The summed E-state index contributed by atoms with van der Waals surface area (Å²) in [5, 5.41) is 12.2. The number of carbonyl (C=O) groups excluding carboxylic acids is 2. The molecule has 0 saturated heterocycles. The zero-order valence-corrected chi connectivity index (χ0v) is 20.8. The minimum absolute atomic E-state index is 0.213. The number of carbonyl (C=O) groups is 2. The Balaban J connectivity index is 1.09. The highest BCUT2D eigenvalue weighted by Gasteiger charge is 2.09. The monoisotopic (exact) mass is 504 g/mol. The van der Waals surface area contributed by atoms with Crippen LogP contribution in [0.4, 0.5) is 11.4 Å². The van der Waals surface area contributed by atoms with Gasteiger partial charge in [0.05, 0.1) is 13.1 Å². The third kappa shape index (κ3) is 6.61. The first-order chi connectivity index (χ1) is 18.6. The summed E-state index contributed by atoms with van der Waals surface area (Å²) in [6, 6.07) is 22.7. The average Bonchev–Trinajstić information content (AvgIpc) is 3.68.